The molecule has 2 aromatic rings. The summed E-state index contributed by atoms with van der Waals surface area (Å²) in [5, 5.41) is 13.9. The van der Waals surface area contributed by atoms with Crippen molar-refractivity contribution in [1.29, 1.82) is 0 Å². The SMILES string of the molecule is OC(c1ccsc1Cl)c1sccc1I. The second kappa shape index (κ2) is 4.49. The monoisotopic (exact) mass is 356 g/mol. The van der Waals surface area contributed by atoms with Crippen molar-refractivity contribution >= 4 is 56.9 Å². The summed E-state index contributed by atoms with van der Waals surface area (Å²) in [6.45, 7) is 0. The molecule has 0 radical (unpaired) electrons. The van der Waals surface area contributed by atoms with Gasteiger partial charge in [0.1, 0.15) is 6.10 Å². The smallest absolute Gasteiger partial charge is 0.116 e. The molecule has 14 heavy (non-hydrogen) atoms. The third-order valence-corrected chi connectivity index (χ3v) is 5.31. The predicted molar refractivity (Wildman–Crippen MR) is 70.4 cm³/mol. The minimum atomic E-state index is -0.583. The van der Waals surface area contributed by atoms with E-state index >= 15 is 0 Å². The van der Waals surface area contributed by atoms with Gasteiger partial charge in [-0.25, -0.2) is 0 Å². The molecule has 0 aliphatic rings. The molecule has 0 saturated heterocycles. The Morgan fingerprint density at radius 1 is 1.29 bits per heavy atom. The van der Waals surface area contributed by atoms with Crippen LogP contribution in [0.4, 0.5) is 0 Å². The number of hydrogen-bond acceptors (Lipinski definition) is 3. The van der Waals surface area contributed by atoms with Crippen molar-refractivity contribution in [2.24, 2.45) is 0 Å². The number of thiophene rings is 2. The number of halogens is 2. The summed E-state index contributed by atoms with van der Waals surface area (Å²) in [4.78, 5) is 0.964. The molecule has 5 heteroatoms. The van der Waals surface area contributed by atoms with E-state index in [1.165, 1.54) is 11.3 Å². The van der Waals surface area contributed by atoms with Crippen molar-refractivity contribution in [3.05, 3.63) is 41.2 Å². The maximum absolute atomic E-state index is 10.1. The number of hydrogen-bond donors (Lipinski definition) is 1. The first kappa shape index (κ1) is 10.9. The zero-order chi connectivity index (χ0) is 10.1. The van der Waals surface area contributed by atoms with E-state index in [0.29, 0.717) is 4.34 Å². The van der Waals surface area contributed by atoms with E-state index in [9.17, 15) is 5.11 Å². The maximum Gasteiger partial charge on any atom is 0.116 e. The lowest BCUT2D eigenvalue weighted by Crippen LogP contribution is -1.97. The predicted octanol–water partition coefficient (Wildman–Crippen LogP) is 4.15. The van der Waals surface area contributed by atoms with Gasteiger partial charge in [0.25, 0.3) is 0 Å². The third-order valence-electron chi connectivity index (χ3n) is 1.83. The lowest BCUT2D eigenvalue weighted by molar-refractivity contribution is 0.224. The van der Waals surface area contributed by atoms with Crippen LogP contribution in [0.3, 0.4) is 0 Å². The normalized spacial score (nSPS) is 13.1. The zero-order valence-electron chi connectivity index (χ0n) is 6.91. The average molecular weight is 357 g/mol. The van der Waals surface area contributed by atoms with E-state index in [1.54, 1.807) is 11.3 Å². The molecule has 1 N–H and O–H groups in total. The van der Waals surface area contributed by atoms with Gasteiger partial charge in [0.2, 0.25) is 0 Å². The van der Waals surface area contributed by atoms with E-state index in [2.05, 4.69) is 22.6 Å². The minimum Gasteiger partial charge on any atom is -0.383 e. The number of aliphatic hydroxyl groups excluding tert-OH is 1. The lowest BCUT2D eigenvalue weighted by atomic mass is 10.2. The van der Waals surface area contributed by atoms with Crippen molar-refractivity contribution in [2.45, 2.75) is 6.10 Å². The molecule has 1 atom stereocenters. The molecule has 0 saturated carbocycles. The highest BCUT2D eigenvalue weighted by molar-refractivity contribution is 14.1. The van der Waals surface area contributed by atoms with Crippen LogP contribution in [0.2, 0.25) is 4.34 Å². The Bertz CT molecular complexity index is 397. The van der Waals surface area contributed by atoms with Gasteiger partial charge in [-0.05, 0) is 45.5 Å². The molecular formula is C9H6ClIOS2. The number of rotatable bonds is 2. The molecule has 1 nitrogen and oxygen atoms in total. The van der Waals surface area contributed by atoms with Crippen LogP contribution in [0, 0.1) is 3.57 Å². The molecular weight excluding hydrogens is 351 g/mol. The largest absolute Gasteiger partial charge is 0.383 e. The summed E-state index contributed by atoms with van der Waals surface area (Å²) in [5.41, 5.74) is 0.803. The summed E-state index contributed by atoms with van der Waals surface area (Å²) in [6, 6.07) is 3.86. The van der Waals surface area contributed by atoms with Crippen LogP contribution in [-0.4, -0.2) is 5.11 Å². The Morgan fingerprint density at radius 2 is 2.00 bits per heavy atom. The first-order valence-corrected chi connectivity index (χ1v) is 7.05. The Labute approximate surface area is 108 Å². The molecule has 0 fully saturated rings. The molecule has 2 rings (SSSR count). The van der Waals surface area contributed by atoms with Gasteiger partial charge in [0.05, 0.1) is 9.21 Å². The van der Waals surface area contributed by atoms with Gasteiger partial charge in [-0.1, -0.05) is 11.6 Å². The van der Waals surface area contributed by atoms with Crippen LogP contribution < -0.4 is 0 Å². The molecule has 0 aromatic carbocycles. The molecule has 1 unspecified atom stereocenters. The first-order chi connectivity index (χ1) is 6.70. The van der Waals surface area contributed by atoms with Gasteiger partial charge >= 0.3 is 0 Å². The van der Waals surface area contributed by atoms with Gasteiger partial charge in [-0.2, -0.15) is 0 Å². The van der Waals surface area contributed by atoms with E-state index < -0.39 is 6.10 Å². The standard InChI is InChI=1S/C9H6ClIOS2/c10-9-5(1-3-14-9)7(12)8-6(11)2-4-13-8/h1-4,7,12H. The highest BCUT2D eigenvalue weighted by Crippen LogP contribution is 2.36. The fourth-order valence-corrected chi connectivity index (χ4v) is 4.00. The quantitative estimate of drug-likeness (QED) is 0.802. The van der Waals surface area contributed by atoms with Gasteiger partial charge in [0.15, 0.2) is 0 Å². The van der Waals surface area contributed by atoms with E-state index in [4.69, 9.17) is 11.6 Å². The fourth-order valence-electron chi connectivity index (χ4n) is 1.14. The molecule has 0 amide bonds. The topological polar surface area (TPSA) is 20.2 Å². The van der Waals surface area contributed by atoms with Crippen molar-refractivity contribution in [2.75, 3.05) is 0 Å². The molecule has 0 bridgehead atoms. The number of aliphatic hydroxyl groups is 1. The Hall–Kier alpha value is 0.380. The van der Waals surface area contributed by atoms with Crippen molar-refractivity contribution in [1.82, 2.24) is 0 Å². The summed E-state index contributed by atoms with van der Waals surface area (Å²) in [7, 11) is 0. The second-order valence-electron chi connectivity index (χ2n) is 2.68. The van der Waals surface area contributed by atoms with Crippen LogP contribution in [0.1, 0.15) is 16.5 Å². The van der Waals surface area contributed by atoms with Crippen LogP contribution >= 0.6 is 56.9 Å². The van der Waals surface area contributed by atoms with Gasteiger partial charge in [-0.3, -0.25) is 0 Å². The maximum atomic E-state index is 10.1. The molecule has 0 aliphatic carbocycles. The van der Waals surface area contributed by atoms with Crippen LogP contribution in [0.5, 0.6) is 0 Å². The Morgan fingerprint density at radius 3 is 2.50 bits per heavy atom. The minimum absolute atomic E-state index is 0.583. The van der Waals surface area contributed by atoms with Crippen molar-refractivity contribution in [3.63, 3.8) is 0 Å². The summed E-state index contributed by atoms with van der Waals surface area (Å²) < 4.78 is 1.75. The Kier molecular flexibility index (Phi) is 3.49. The molecule has 2 heterocycles. The van der Waals surface area contributed by atoms with Gasteiger partial charge in [0, 0.05) is 9.13 Å². The average Bonchev–Trinajstić information content (AvgIpc) is 2.73. The van der Waals surface area contributed by atoms with Crippen LogP contribution in [-0.2, 0) is 0 Å². The molecule has 2 aromatic heterocycles. The molecule has 0 spiro atoms. The van der Waals surface area contributed by atoms with E-state index in [0.717, 1.165) is 14.0 Å². The summed E-state index contributed by atoms with van der Waals surface area (Å²) in [6.07, 6.45) is -0.583. The van der Waals surface area contributed by atoms with E-state index in [-0.39, 0.29) is 0 Å². The zero-order valence-corrected chi connectivity index (χ0v) is 11.5. The van der Waals surface area contributed by atoms with E-state index in [1.807, 2.05) is 22.9 Å². The van der Waals surface area contributed by atoms with Crippen LogP contribution in [0.25, 0.3) is 0 Å². The highest BCUT2D eigenvalue weighted by atomic mass is 127. The fraction of sp³-hybridized carbons (Fsp3) is 0.111. The van der Waals surface area contributed by atoms with Crippen molar-refractivity contribution in [3.8, 4) is 0 Å². The summed E-state index contributed by atoms with van der Waals surface area (Å²) >= 11 is 11.2. The van der Waals surface area contributed by atoms with Crippen molar-refractivity contribution < 1.29 is 5.11 Å². The summed E-state index contributed by atoms with van der Waals surface area (Å²) in [5.74, 6) is 0. The van der Waals surface area contributed by atoms with Crippen LogP contribution in [0.15, 0.2) is 22.9 Å². The molecule has 74 valence electrons. The second-order valence-corrected chi connectivity index (χ2v) is 6.31. The van der Waals surface area contributed by atoms with Gasteiger partial charge < -0.3 is 5.11 Å². The third kappa shape index (κ3) is 1.99. The first-order valence-electron chi connectivity index (χ1n) is 3.84. The Balaban J connectivity index is 2.38. The molecule has 0 aliphatic heterocycles. The highest BCUT2D eigenvalue weighted by Gasteiger charge is 2.18. The lowest BCUT2D eigenvalue weighted by Gasteiger charge is -2.07. The van der Waals surface area contributed by atoms with Gasteiger partial charge in [-0.15, -0.1) is 22.7 Å².